The number of benzene rings is 3. The summed E-state index contributed by atoms with van der Waals surface area (Å²) >= 11 is 6.37. The van der Waals surface area contributed by atoms with Crippen molar-refractivity contribution in [1.82, 2.24) is 10.2 Å². The van der Waals surface area contributed by atoms with Gasteiger partial charge in [-0.15, -0.1) is 0 Å². The third kappa shape index (κ3) is 6.90. The number of para-hydroxylation sites is 1. The fraction of sp³-hybridized carbons (Fsp3) is 0.286. The first-order chi connectivity index (χ1) is 17.7. The van der Waals surface area contributed by atoms with Crippen molar-refractivity contribution >= 4 is 39.1 Å². The van der Waals surface area contributed by atoms with Crippen LogP contribution in [0.1, 0.15) is 31.4 Å². The molecule has 0 aliphatic rings. The number of carbonyl (C=O) groups excluding carboxylic acids is 2. The summed E-state index contributed by atoms with van der Waals surface area (Å²) < 4.78 is 28.6. The van der Waals surface area contributed by atoms with Gasteiger partial charge in [0, 0.05) is 18.1 Å². The van der Waals surface area contributed by atoms with Gasteiger partial charge in [0.25, 0.3) is 10.0 Å². The highest BCUT2D eigenvalue weighted by molar-refractivity contribution is 7.92. The maximum Gasteiger partial charge on any atom is 0.264 e. The summed E-state index contributed by atoms with van der Waals surface area (Å²) in [5.74, 6) is -0.850. The van der Waals surface area contributed by atoms with Crippen LogP contribution in [0.5, 0.6) is 0 Å². The maximum absolute atomic E-state index is 13.8. The molecule has 0 saturated carbocycles. The SMILES string of the molecule is CCCNC(=O)[C@@H](C)N(Cc1ccccc1Cl)C(=O)CN(c1ccccc1C)S(=O)(=O)c1ccccc1. The summed E-state index contributed by atoms with van der Waals surface area (Å²) in [5.41, 5.74) is 1.74. The molecule has 1 atom stereocenters. The number of sulfonamides is 1. The second-order valence-electron chi connectivity index (χ2n) is 8.69. The van der Waals surface area contributed by atoms with Crippen molar-refractivity contribution in [2.24, 2.45) is 0 Å². The Balaban J connectivity index is 2.03. The molecule has 0 aromatic heterocycles. The fourth-order valence-electron chi connectivity index (χ4n) is 3.86. The van der Waals surface area contributed by atoms with Crippen molar-refractivity contribution in [1.29, 1.82) is 0 Å². The average molecular weight is 542 g/mol. The first-order valence-electron chi connectivity index (χ1n) is 12.1. The third-order valence-corrected chi connectivity index (χ3v) is 8.15. The molecule has 0 bridgehead atoms. The lowest BCUT2D eigenvalue weighted by Crippen LogP contribution is -2.51. The van der Waals surface area contributed by atoms with Gasteiger partial charge in [0.05, 0.1) is 10.6 Å². The van der Waals surface area contributed by atoms with Crippen molar-refractivity contribution in [3.05, 3.63) is 95.0 Å². The van der Waals surface area contributed by atoms with Crippen molar-refractivity contribution in [3.8, 4) is 0 Å². The van der Waals surface area contributed by atoms with Gasteiger partial charge < -0.3 is 10.2 Å². The molecule has 0 unspecified atom stereocenters. The highest BCUT2D eigenvalue weighted by atomic mass is 35.5. The van der Waals surface area contributed by atoms with Crippen LogP contribution in [0.3, 0.4) is 0 Å². The first kappa shape index (κ1) is 28.2. The molecule has 1 N–H and O–H groups in total. The number of rotatable bonds is 11. The Morgan fingerprint density at radius 2 is 1.57 bits per heavy atom. The van der Waals surface area contributed by atoms with E-state index >= 15 is 0 Å². The van der Waals surface area contributed by atoms with E-state index < -0.39 is 28.5 Å². The van der Waals surface area contributed by atoms with Crippen molar-refractivity contribution in [3.63, 3.8) is 0 Å². The zero-order chi connectivity index (χ0) is 27.0. The normalized spacial score (nSPS) is 12.0. The second kappa shape index (κ2) is 12.7. The van der Waals surface area contributed by atoms with Crippen molar-refractivity contribution in [2.45, 2.75) is 44.7 Å². The second-order valence-corrected chi connectivity index (χ2v) is 11.0. The Bertz CT molecular complexity index is 1330. The summed E-state index contributed by atoms with van der Waals surface area (Å²) in [6.07, 6.45) is 0.743. The predicted octanol–water partition coefficient (Wildman–Crippen LogP) is 4.79. The molecule has 0 spiro atoms. The van der Waals surface area contributed by atoms with Crippen LogP contribution in [0, 0.1) is 6.92 Å². The van der Waals surface area contributed by atoms with Gasteiger partial charge in [0.1, 0.15) is 12.6 Å². The number of nitrogens with zero attached hydrogens (tertiary/aromatic N) is 2. The number of carbonyl (C=O) groups is 2. The largest absolute Gasteiger partial charge is 0.354 e. The van der Waals surface area contributed by atoms with Crippen LogP contribution in [-0.2, 0) is 26.2 Å². The number of amides is 2. The molecule has 7 nitrogen and oxygen atoms in total. The van der Waals surface area contributed by atoms with E-state index in [1.165, 1.54) is 17.0 Å². The number of nitrogens with one attached hydrogen (secondary N) is 1. The summed E-state index contributed by atoms with van der Waals surface area (Å²) in [7, 11) is -4.09. The van der Waals surface area contributed by atoms with Crippen LogP contribution < -0.4 is 9.62 Å². The van der Waals surface area contributed by atoms with Gasteiger partial charge in [-0.05, 0) is 55.7 Å². The third-order valence-electron chi connectivity index (χ3n) is 6.01. The Morgan fingerprint density at radius 3 is 2.22 bits per heavy atom. The molecule has 196 valence electrons. The lowest BCUT2D eigenvalue weighted by atomic mass is 10.1. The van der Waals surface area contributed by atoms with Crippen LogP contribution in [-0.4, -0.2) is 44.3 Å². The van der Waals surface area contributed by atoms with Crippen molar-refractivity contribution < 1.29 is 18.0 Å². The lowest BCUT2D eigenvalue weighted by molar-refractivity contribution is -0.139. The van der Waals surface area contributed by atoms with E-state index in [9.17, 15) is 18.0 Å². The molecule has 9 heteroatoms. The molecule has 3 rings (SSSR count). The van der Waals surface area contributed by atoms with Crippen LogP contribution in [0.25, 0.3) is 0 Å². The first-order valence-corrected chi connectivity index (χ1v) is 13.9. The average Bonchev–Trinajstić information content (AvgIpc) is 2.90. The molecular weight excluding hydrogens is 510 g/mol. The van der Waals surface area contributed by atoms with E-state index in [0.29, 0.717) is 28.4 Å². The standard InChI is InChI=1S/C28H32ClN3O4S/c1-4-18-30-28(34)22(3)31(19-23-13-9-10-16-25(23)29)27(33)20-32(26-17-11-8-12-21(26)2)37(35,36)24-14-6-5-7-15-24/h5-17,22H,4,18-20H2,1-3H3,(H,30,34)/t22-/m1/s1. The van der Waals surface area contributed by atoms with Crippen LogP contribution in [0.15, 0.2) is 83.8 Å². The summed E-state index contributed by atoms with van der Waals surface area (Å²) in [5, 5.41) is 3.27. The number of halogens is 1. The summed E-state index contributed by atoms with van der Waals surface area (Å²) in [6, 6.07) is 21.2. The van der Waals surface area contributed by atoms with Gasteiger partial charge in [-0.3, -0.25) is 13.9 Å². The van der Waals surface area contributed by atoms with E-state index in [-0.39, 0.29) is 17.3 Å². The Labute approximate surface area is 224 Å². The highest BCUT2D eigenvalue weighted by Gasteiger charge is 2.33. The van der Waals surface area contributed by atoms with Crippen LogP contribution in [0.2, 0.25) is 5.02 Å². The number of anilines is 1. The zero-order valence-corrected chi connectivity index (χ0v) is 22.8. The Hall–Kier alpha value is -3.36. The number of hydrogen-bond donors (Lipinski definition) is 1. The minimum atomic E-state index is -4.09. The van der Waals surface area contributed by atoms with Gasteiger partial charge in [-0.2, -0.15) is 0 Å². The molecule has 2 amide bonds. The number of aryl methyl sites for hydroxylation is 1. The quantitative estimate of drug-likeness (QED) is 0.378. The Morgan fingerprint density at radius 1 is 0.946 bits per heavy atom. The fourth-order valence-corrected chi connectivity index (χ4v) is 5.56. The van der Waals surface area contributed by atoms with E-state index in [4.69, 9.17) is 11.6 Å². The lowest BCUT2D eigenvalue weighted by Gasteiger charge is -2.32. The van der Waals surface area contributed by atoms with Gasteiger partial charge in [0.2, 0.25) is 11.8 Å². The minimum Gasteiger partial charge on any atom is -0.354 e. The van der Waals surface area contributed by atoms with Gasteiger partial charge in [0.15, 0.2) is 0 Å². The molecule has 0 aliphatic carbocycles. The van der Waals surface area contributed by atoms with Crippen LogP contribution >= 0.6 is 11.6 Å². The van der Waals surface area contributed by atoms with Crippen molar-refractivity contribution in [2.75, 3.05) is 17.4 Å². The highest BCUT2D eigenvalue weighted by Crippen LogP contribution is 2.27. The predicted molar refractivity (Wildman–Crippen MR) is 147 cm³/mol. The Kier molecular flexibility index (Phi) is 9.72. The van der Waals surface area contributed by atoms with Gasteiger partial charge in [-0.1, -0.05) is 73.1 Å². The molecular formula is C28H32ClN3O4S. The molecule has 3 aromatic rings. The van der Waals surface area contributed by atoms with E-state index in [0.717, 1.165) is 10.7 Å². The van der Waals surface area contributed by atoms with Gasteiger partial charge in [-0.25, -0.2) is 8.42 Å². The van der Waals surface area contributed by atoms with Crippen LogP contribution in [0.4, 0.5) is 5.69 Å². The maximum atomic E-state index is 13.8. The molecule has 0 saturated heterocycles. The number of hydrogen-bond acceptors (Lipinski definition) is 4. The molecule has 0 fully saturated rings. The summed E-state index contributed by atoms with van der Waals surface area (Å²) in [6.45, 7) is 5.38. The topological polar surface area (TPSA) is 86.8 Å². The monoisotopic (exact) mass is 541 g/mol. The molecule has 0 heterocycles. The molecule has 3 aromatic carbocycles. The van der Waals surface area contributed by atoms with E-state index in [2.05, 4.69) is 5.32 Å². The van der Waals surface area contributed by atoms with E-state index in [1.54, 1.807) is 80.6 Å². The molecule has 0 radical (unpaired) electrons. The molecule has 37 heavy (non-hydrogen) atoms. The zero-order valence-electron chi connectivity index (χ0n) is 21.2. The minimum absolute atomic E-state index is 0.0478. The molecule has 0 aliphatic heterocycles. The smallest absolute Gasteiger partial charge is 0.264 e. The summed E-state index contributed by atoms with van der Waals surface area (Å²) in [4.78, 5) is 28.2. The van der Waals surface area contributed by atoms with E-state index in [1.807, 2.05) is 6.92 Å². The van der Waals surface area contributed by atoms with Gasteiger partial charge >= 0.3 is 0 Å².